The summed E-state index contributed by atoms with van der Waals surface area (Å²) in [6.07, 6.45) is 1.56. The van der Waals surface area contributed by atoms with E-state index in [4.69, 9.17) is 0 Å². The van der Waals surface area contributed by atoms with E-state index in [9.17, 15) is 18.4 Å². The first-order chi connectivity index (χ1) is 8.99. The quantitative estimate of drug-likeness (QED) is 0.655. The number of benzene rings is 1. The van der Waals surface area contributed by atoms with E-state index in [0.29, 0.717) is 6.07 Å². The lowest BCUT2D eigenvalue weighted by molar-refractivity contribution is -0.142. The molecule has 0 aliphatic heterocycles. The minimum atomic E-state index is -1.00. The number of ether oxygens (including phenoxy) is 1. The topological polar surface area (TPSA) is 55.4 Å². The molecule has 0 aromatic heterocycles. The summed E-state index contributed by atoms with van der Waals surface area (Å²) >= 11 is 0. The van der Waals surface area contributed by atoms with Crippen molar-refractivity contribution in [2.24, 2.45) is 0 Å². The van der Waals surface area contributed by atoms with Crippen LogP contribution >= 0.6 is 0 Å². The van der Waals surface area contributed by atoms with Crippen LogP contribution < -0.4 is 5.32 Å². The van der Waals surface area contributed by atoms with Gasteiger partial charge in [-0.1, -0.05) is 6.08 Å². The van der Waals surface area contributed by atoms with E-state index in [1.54, 1.807) is 0 Å². The third kappa shape index (κ3) is 3.87. The van der Waals surface area contributed by atoms with Gasteiger partial charge in [-0.15, -0.1) is 6.58 Å². The highest BCUT2D eigenvalue weighted by Gasteiger charge is 2.22. The Kier molecular flexibility index (Phi) is 5.17. The van der Waals surface area contributed by atoms with Gasteiger partial charge in [0.1, 0.15) is 17.7 Å². The summed E-state index contributed by atoms with van der Waals surface area (Å²) in [6.45, 7) is 3.44. The van der Waals surface area contributed by atoms with Crippen LogP contribution in [-0.2, 0) is 9.53 Å². The lowest BCUT2D eigenvalue weighted by atomic mass is 10.1. The van der Waals surface area contributed by atoms with Crippen molar-refractivity contribution in [3.05, 3.63) is 48.1 Å². The maximum atomic E-state index is 13.4. The Bertz CT molecular complexity index is 503. The summed E-state index contributed by atoms with van der Waals surface area (Å²) in [4.78, 5) is 23.1. The molecular formula is C13H13F2NO3. The summed E-state index contributed by atoms with van der Waals surface area (Å²) in [5.41, 5.74) is -0.348. The molecule has 1 aromatic rings. The molecule has 4 nitrogen and oxygen atoms in total. The number of methoxy groups -OCH3 is 1. The predicted octanol–water partition coefficient (Wildman–Crippen LogP) is 1.81. The molecule has 0 radical (unpaired) electrons. The van der Waals surface area contributed by atoms with Gasteiger partial charge in [0, 0.05) is 6.07 Å². The highest BCUT2D eigenvalue weighted by molar-refractivity contribution is 5.97. The summed E-state index contributed by atoms with van der Waals surface area (Å²) in [6, 6.07) is 1.59. The van der Waals surface area contributed by atoms with Crippen molar-refractivity contribution < 1.29 is 23.1 Å². The van der Waals surface area contributed by atoms with Crippen molar-refractivity contribution in [2.45, 2.75) is 12.5 Å². The summed E-state index contributed by atoms with van der Waals surface area (Å²) < 4.78 is 30.6. The molecular weight excluding hydrogens is 256 g/mol. The molecule has 0 heterocycles. The zero-order chi connectivity index (χ0) is 14.4. The maximum Gasteiger partial charge on any atom is 0.328 e. The SMILES string of the molecule is C=CC[C@@H](NC(=O)c1ccc(F)cc1F)C(=O)OC. The molecule has 0 aliphatic carbocycles. The molecule has 6 heteroatoms. The monoisotopic (exact) mass is 269 g/mol. The Labute approximate surface area is 109 Å². The first kappa shape index (κ1) is 14.8. The van der Waals surface area contributed by atoms with Crippen LogP contribution in [0.15, 0.2) is 30.9 Å². The zero-order valence-electron chi connectivity index (χ0n) is 10.3. The van der Waals surface area contributed by atoms with Gasteiger partial charge in [0.25, 0.3) is 5.91 Å². The van der Waals surface area contributed by atoms with E-state index >= 15 is 0 Å². The van der Waals surface area contributed by atoms with Gasteiger partial charge in [0.05, 0.1) is 12.7 Å². The van der Waals surface area contributed by atoms with Crippen LogP contribution in [-0.4, -0.2) is 25.0 Å². The molecule has 102 valence electrons. The molecule has 0 aliphatic rings. The van der Waals surface area contributed by atoms with Gasteiger partial charge in [0.2, 0.25) is 0 Å². The molecule has 1 aromatic carbocycles. The first-order valence-electron chi connectivity index (χ1n) is 5.44. The van der Waals surface area contributed by atoms with Crippen LogP contribution in [0.2, 0.25) is 0 Å². The predicted molar refractivity (Wildman–Crippen MR) is 64.4 cm³/mol. The largest absolute Gasteiger partial charge is 0.467 e. The van der Waals surface area contributed by atoms with Gasteiger partial charge in [-0.2, -0.15) is 0 Å². The normalized spacial score (nSPS) is 11.5. The van der Waals surface area contributed by atoms with Gasteiger partial charge >= 0.3 is 5.97 Å². The Hall–Kier alpha value is -2.24. The van der Waals surface area contributed by atoms with Crippen LogP contribution in [0.3, 0.4) is 0 Å². The van der Waals surface area contributed by atoms with Crippen molar-refractivity contribution >= 4 is 11.9 Å². The molecule has 1 atom stereocenters. The smallest absolute Gasteiger partial charge is 0.328 e. The summed E-state index contributed by atoms with van der Waals surface area (Å²) in [5, 5.41) is 2.30. The summed E-state index contributed by atoms with van der Waals surface area (Å²) in [7, 11) is 1.17. The number of carbonyl (C=O) groups excluding carboxylic acids is 2. The lowest BCUT2D eigenvalue weighted by Gasteiger charge is -2.14. The first-order valence-corrected chi connectivity index (χ1v) is 5.44. The Morgan fingerprint density at radius 3 is 2.68 bits per heavy atom. The molecule has 0 saturated carbocycles. The van der Waals surface area contributed by atoms with Crippen LogP contribution in [0.5, 0.6) is 0 Å². The van der Waals surface area contributed by atoms with Crippen molar-refractivity contribution in [3.8, 4) is 0 Å². The molecule has 0 fully saturated rings. The number of carbonyl (C=O) groups is 2. The fourth-order valence-corrected chi connectivity index (χ4v) is 1.43. The summed E-state index contributed by atoms with van der Waals surface area (Å²) in [5.74, 6) is -3.28. The second-order valence-corrected chi connectivity index (χ2v) is 3.70. The number of rotatable bonds is 5. The zero-order valence-corrected chi connectivity index (χ0v) is 10.3. The molecule has 0 unspecified atom stereocenters. The number of halogens is 2. The third-order valence-corrected chi connectivity index (χ3v) is 2.37. The van der Waals surface area contributed by atoms with E-state index in [2.05, 4.69) is 16.6 Å². The van der Waals surface area contributed by atoms with E-state index in [1.165, 1.54) is 13.2 Å². The Balaban J connectivity index is 2.87. The van der Waals surface area contributed by atoms with E-state index in [1.807, 2.05) is 0 Å². The van der Waals surface area contributed by atoms with Crippen LogP contribution in [0.4, 0.5) is 8.78 Å². The molecule has 1 rings (SSSR count). The Morgan fingerprint density at radius 1 is 1.47 bits per heavy atom. The number of esters is 1. The van der Waals surface area contributed by atoms with Crippen LogP contribution in [0.25, 0.3) is 0 Å². The molecule has 0 bridgehead atoms. The van der Waals surface area contributed by atoms with Crippen molar-refractivity contribution in [3.63, 3.8) is 0 Å². The lowest BCUT2D eigenvalue weighted by Crippen LogP contribution is -2.41. The van der Waals surface area contributed by atoms with Gasteiger partial charge < -0.3 is 10.1 Å². The molecule has 1 N–H and O–H groups in total. The highest BCUT2D eigenvalue weighted by atomic mass is 19.1. The van der Waals surface area contributed by atoms with E-state index in [0.717, 1.165) is 12.1 Å². The van der Waals surface area contributed by atoms with Gasteiger partial charge in [-0.25, -0.2) is 13.6 Å². The fraction of sp³-hybridized carbons (Fsp3) is 0.231. The molecule has 0 spiro atoms. The molecule has 1 amide bonds. The number of nitrogens with one attached hydrogen (secondary N) is 1. The Morgan fingerprint density at radius 2 is 2.16 bits per heavy atom. The fourth-order valence-electron chi connectivity index (χ4n) is 1.43. The highest BCUT2D eigenvalue weighted by Crippen LogP contribution is 2.10. The van der Waals surface area contributed by atoms with Crippen molar-refractivity contribution in [2.75, 3.05) is 7.11 Å². The van der Waals surface area contributed by atoms with Gasteiger partial charge in [-0.05, 0) is 18.6 Å². The van der Waals surface area contributed by atoms with Crippen molar-refractivity contribution in [1.29, 1.82) is 0 Å². The van der Waals surface area contributed by atoms with Crippen molar-refractivity contribution in [1.82, 2.24) is 5.32 Å². The second kappa shape index (κ2) is 6.63. The molecule has 19 heavy (non-hydrogen) atoms. The standard InChI is InChI=1S/C13H13F2NO3/c1-3-4-11(13(18)19-2)16-12(17)9-6-5-8(14)7-10(9)15/h3,5-7,11H,1,4H2,2H3,(H,16,17)/t11-/m1/s1. The van der Waals surface area contributed by atoms with Gasteiger partial charge in [-0.3, -0.25) is 4.79 Å². The minimum absolute atomic E-state index is 0.140. The molecule has 0 saturated heterocycles. The van der Waals surface area contributed by atoms with Crippen LogP contribution in [0, 0.1) is 11.6 Å². The van der Waals surface area contributed by atoms with E-state index in [-0.39, 0.29) is 12.0 Å². The van der Waals surface area contributed by atoms with Crippen LogP contribution in [0.1, 0.15) is 16.8 Å². The average molecular weight is 269 g/mol. The third-order valence-electron chi connectivity index (χ3n) is 2.37. The average Bonchev–Trinajstić information content (AvgIpc) is 2.37. The number of amides is 1. The minimum Gasteiger partial charge on any atom is -0.467 e. The second-order valence-electron chi connectivity index (χ2n) is 3.70. The number of hydrogen-bond acceptors (Lipinski definition) is 3. The number of hydrogen-bond donors (Lipinski definition) is 1. The van der Waals surface area contributed by atoms with Gasteiger partial charge in [0.15, 0.2) is 0 Å². The van der Waals surface area contributed by atoms with E-state index < -0.39 is 29.6 Å². The maximum absolute atomic E-state index is 13.4.